The van der Waals surface area contributed by atoms with Gasteiger partial charge in [0, 0.05) is 30.2 Å². The molecule has 1 aromatic carbocycles. The molecular weight excluding hydrogens is 440 g/mol. The lowest BCUT2D eigenvalue weighted by Gasteiger charge is -2.37. The molecule has 9 heteroatoms. The molecule has 1 aliphatic rings. The van der Waals surface area contributed by atoms with Crippen molar-refractivity contribution in [3.05, 3.63) is 60.2 Å². The van der Waals surface area contributed by atoms with E-state index < -0.39 is 15.6 Å². The Morgan fingerprint density at radius 1 is 1.24 bits per heavy atom. The quantitative estimate of drug-likeness (QED) is 0.416. The van der Waals surface area contributed by atoms with Gasteiger partial charge in [0.25, 0.3) is 10.0 Å². The number of pyridine rings is 1. The zero-order valence-electron chi connectivity index (χ0n) is 18.8. The largest absolute Gasteiger partial charge is 0.460 e. The molecule has 3 aromatic rings. The van der Waals surface area contributed by atoms with E-state index in [2.05, 4.69) is 15.1 Å². The lowest BCUT2D eigenvalue weighted by molar-refractivity contribution is -0.156. The first-order valence-corrected chi connectivity index (χ1v) is 12.2. The highest BCUT2D eigenvalue weighted by Gasteiger charge is 2.33. The lowest BCUT2D eigenvalue weighted by atomic mass is 9.78. The van der Waals surface area contributed by atoms with Gasteiger partial charge in [-0.25, -0.2) is 22.2 Å². The number of nitrogens with zero attached hydrogens (tertiary/aromatic N) is 3. The Kier molecular flexibility index (Phi) is 5.89. The predicted molar refractivity (Wildman–Crippen MR) is 126 cm³/mol. The number of anilines is 1. The first kappa shape index (κ1) is 22.8. The maximum atomic E-state index is 13.1. The Hall–Kier alpha value is -3.38. The summed E-state index contributed by atoms with van der Waals surface area (Å²) in [6, 6.07) is 9.90. The third-order valence-corrected chi connectivity index (χ3v) is 7.22. The standard InChI is InChI=1S/C24H26N4O4S/c1-24(2,3)32-21(29)14-16-12-17(13-16)27-22-19-10-11-28(23(19)26-15-20(22)25-4)33(30,31)18-8-6-5-7-9-18/h5-11,15-17H,12-14H2,1-3H3,(H,26,27). The van der Waals surface area contributed by atoms with Crippen LogP contribution in [0.1, 0.15) is 40.0 Å². The molecule has 0 saturated heterocycles. The van der Waals surface area contributed by atoms with Gasteiger partial charge >= 0.3 is 5.97 Å². The number of hydrogen-bond donors (Lipinski definition) is 1. The van der Waals surface area contributed by atoms with Gasteiger partial charge in [0.05, 0.1) is 17.2 Å². The average molecular weight is 467 g/mol. The highest BCUT2D eigenvalue weighted by Crippen LogP contribution is 2.39. The summed E-state index contributed by atoms with van der Waals surface area (Å²) in [4.78, 5) is 20.1. The normalized spacial score (nSPS) is 18.4. The molecule has 1 saturated carbocycles. The number of aromatic nitrogens is 2. The maximum Gasteiger partial charge on any atom is 0.306 e. The van der Waals surface area contributed by atoms with Gasteiger partial charge in [0.15, 0.2) is 5.65 Å². The Balaban J connectivity index is 1.55. The van der Waals surface area contributed by atoms with E-state index in [4.69, 9.17) is 11.3 Å². The number of rotatable bonds is 6. The molecule has 33 heavy (non-hydrogen) atoms. The molecule has 8 nitrogen and oxygen atoms in total. The summed E-state index contributed by atoms with van der Waals surface area (Å²) in [5.41, 5.74) is 0.655. The number of carbonyl (C=O) groups is 1. The molecule has 0 unspecified atom stereocenters. The van der Waals surface area contributed by atoms with Crippen molar-refractivity contribution in [2.75, 3.05) is 5.32 Å². The number of carbonyl (C=O) groups excluding carboxylic acids is 1. The Labute approximate surface area is 193 Å². The molecule has 1 fully saturated rings. The lowest BCUT2D eigenvalue weighted by Crippen LogP contribution is -2.37. The van der Waals surface area contributed by atoms with Gasteiger partial charge in [0.2, 0.25) is 5.69 Å². The van der Waals surface area contributed by atoms with Crippen LogP contribution in [0, 0.1) is 12.5 Å². The van der Waals surface area contributed by atoms with Crippen LogP contribution in [-0.2, 0) is 19.6 Å². The van der Waals surface area contributed by atoms with Crippen molar-refractivity contribution in [2.45, 2.75) is 56.6 Å². The van der Waals surface area contributed by atoms with Gasteiger partial charge < -0.3 is 10.1 Å². The summed E-state index contributed by atoms with van der Waals surface area (Å²) < 4.78 is 32.8. The monoisotopic (exact) mass is 466 g/mol. The van der Waals surface area contributed by atoms with Crippen LogP contribution >= 0.6 is 0 Å². The van der Waals surface area contributed by atoms with Gasteiger partial charge in [-0.05, 0) is 57.7 Å². The molecule has 2 heterocycles. The smallest absolute Gasteiger partial charge is 0.306 e. The Morgan fingerprint density at radius 3 is 2.58 bits per heavy atom. The van der Waals surface area contributed by atoms with E-state index >= 15 is 0 Å². The number of benzene rings is 1. The molecule has 0 atom stereocenters. The van der Waals surface area contributed by atoms with E-state index in [0.29, 0.717) is 23.2 Å². The third-order valence-electron chi connectivity index (χ3n) is 5.54. The van der Waals surface area contributed by atoms with Crippen molar-refractivity contribution in [3.8, 4) is 0 Å². The van der Waals surface area contributed by atoms with E-state index in [9.17, 15) is 13.2 Å². The number of ether oxygens (including phenoxy) is 1. The first-order valence-electron chi connectivity index (χ1n) is 10.7. The summed E-state index contributed by atoms with van der Waals surface area (Å²) in [5.74, 6) is 0.0106. The molecule has 2 aromatic heterocycles. The third kappa shape index (κ3) is 4.71. The van der Waals surface area contributed by atoms with Crippen molar-refractivity contribution < 1.29 is 17.9 Å². The Morgan fingerprint density at radius 2 is 1.94 bits per heavy atom. The van der Waals surface area contributed by atoms with Crippen LogP contribution in [-0.4, -0.2) is 35.0 Å². The predicted octanol–water partition coefficient (Wildman–Crippen LogP) is 4.75. The molecule has 1 N–H and O–H groups in total. The van der Waals surface area contributed by atoms with E-state index in [-0.39, 0.29) is 28.5 Å². The molecule has 0 aliphatic heterocycles. The van der Waals surface area contributed by atoms with Crippen molar-refractivity contribution in [1.82, 2.24) is 8.96 Å². The van der Waals surface area contributed by atoms with E-state index in [1.165, 1.54) is 24.5 Å². The second-order valence-corrected chi connectivity index (χ2v) is 11.1. The zero-order chi connectivity index (χ0) is 23.8. The zero-order valence-corrected chi connectivity index (χ0v) is 19.6. The van der Waals surface area contributed by atoms with Gasteiger partial charge in [-0.2, -0.15) is 0 Å². The highest BCUT2D eigenvalue weighted by atomic mass is 32.2. The number of nitrogens with one attached hydrogen (secondary N) is 1. The second kappa shape index (κ2) is 8.52. The minimum Gasteiger partial charge on any atom is -0.460 e. The van der Waals surface area contributed by atoms with Gasteiger partial charge in [0.1, 0.15) is 5.60 Å². The second-order valence-electron chi connectivity index (χ2n) is 9.27. The van der Waals surface area contributed by atoms with Crippen LogP contribution in [0.15, 0.2) is 53.7 Å². The summed E-state index contributed by atoms with van der Waals surface area (Å²) in [6.45, 7) is 13.1. The maximum absolute atomic E-state index is 13.1. The van der Waals surface area contributed by atoms with Crippen LogP contribution in [0.2, 0.25) is 0 Å². The summed E-state index contributed by atoms with van der Waals surface area (Å²) in [5, 5.41) is 3.95. The van der Waals surface area contributed by atoms with Gasteiger partial charge in [-0.15, -0.1) is 0 Å². The van der Waals surface area contributed by atoms with Crippen LogP contribution in [0.25, 0.3) is 15.9 Å². The summed E-state index contributed by atoms with van der Waals surface area (Å²) in [7, 11) is -3.82. The highest BCUT2D eigenvalue weighted by molar-refractivity contribution is 7.90. The summed E-state index contributed by atoms with van der Waals surface area (Å²) >= 11 is 0. The van der Waals surface area contributed by atoms with Crippen LogP contribution in [0.4, 0.5) is 11.4 Å². The van der Waals surface area contributed by atoms with Crippen LogP contribution in [0.3, 0.4) is 0 Å². The van der Waals surface area contributed by atoms with Crippen LogP contribution < -0.4 is 5.32 Å². The fourth-order valence-corrected chi connectivity index (χ4v) is 5.35. The topological polar surface area (TPSA) is 94.6 Å². The fraction of sp³-hybridized carbons (Fsp3) is 0.375. The Bertz CT molecular complexity index is 1330. The number of hydrogen-bond acceptors (Lipinski definition) is 6. The van der Waals surface area contributed by atoms with Crippen molar-refractivity contribution in [1.29, 1.82) is 0 Å². The van der Waals surface area contributed by atoms with E-state index in [0.717, 1.165) is 16.8 Å². The summed E-state index contributed by atoms with van der Waals surface area (Å²) in [6.07, 6.45) is 4.76. The first-order chi connectivity index (χ1) is 15.6. The van der Waals surface area contributed by atoms with Gasteiger partial charge in [-0.3, -0.25) is 4.79 Å². The number of fused-ring (bicyclic) bond motifs is 1. The minimum absolute atomic E-state index is 0.0811. The van der Waals surface area contributed by atoms with Gasteiger partial charge in [-0.1, -0.05) is 18.2 Å². The minimum atomic E-state index is -3.82. The van der Waals surface area contributed by atoms with Crippen molar-refractivity contribution >= 4 is 38.4 Å². The van der Waals surface area contributed by atoms with Crippen molar-refractivity contribution in [2.24, 2.45) is 5.92 Å². The molecular formula is C24H26N4O4S. The molecule has 172 valence electrons. The SMILES string of the molecule is [C-]#[N+]c1cnc2c(ccn2S(=O)(=O)c2ccccc2)c1NC1CC(CC(=O)OC(C)(C)C)C1. The van der Waals surface area contributed by atoms with Crippen molar-refractivity contribution in [3.63, 3.8) is 0 Å². The van der Waals surface area contributed by atoms with E-state index in [1.807, 2.05) is 20.8 Å². The average Bonchev–Trinajstić information content (AvgIpc) is 3.17. The molecule has 0 radical (unpaired) electrons. The van der Waals surface area contributed by atoms with E-state index in [1.54, 1.807) is 24.3 Å². The number of esters is 1. The molecule has 0 bridgehead atoms. The molecule has 0 amide bonds. The molecule has 0 spiro atoms. The fourth-order valence-electron chi connectivity index (χ4n) is 4.03. The molecule has 1 aliphatic carbocycles. The van der Waals surface area contributed by atoms with Crippen LogP contribution in [0.5, 0.6) is 0 Å². The molecule has 4 rings (SSSR count).